The molecule has 0 radical (unpaired) electrons. The van der Waals surface area contributed by atoms with Gasteiger partial charge in [-0.25, -0.2) is 0 Å². The summed E-state index contributed by atoms with van der Waals surface area (Å²) in [5.41, 5.74) is 1.34. The third kappa shape index (κ3) is 6.42. The first-order valence-electron chi connectivity index (χ1n) is 12.3. The Morgan fingerprint density at radius 1 is 1.09 bits per heavy atom. The van der Waals surface area contributed by atoms with Gasteiger partial charge >= 0.3 is 0 Å². The fraction of sp³-hybridized carbons (Fsp3) is 0.600. The monoisotopic (exact) mass is 469 g/mol. The molecule has 1 aliphatic heterocycles. The van der Waals surface area contributed by atoms with Crippen molar-refractivity contribution in [2.45, 2.75) is 70.4 Å². The Hall–Kier alpha value is -2.78. The summed E-state index contributed by atoms with van der Waals surface area (Å²) in [6.07, 6.45) is 6.48. The molecule has 4 rings (SSSR count). The van der Waals surface area contributed by atoms with Crippen molar-refractivity contribution < 1.29 is 18.8 Å². The standard InChI is InChI=1S/C25H35N5O4/c1-19(31)28-25(12-6-2-3-7-13-25)24-27-23(34-29-24)11-10-22(32)26-21-9-5-4-8-20(21)18-30-14-16-33-17-15-30/h4-5,8-9H,2-3,6-7,10-18H2,1H3,(H,26,32)(H,28,31). The maximum absolute atomic E-state index is 12.7. The summed E-state index contributed by atoms with van der Waals surface area (Å²) in [6, 6.07) is 7.89. The lowest BCUT2D eigenvalue weighted by Gasteiger charge is -2.30. The first-order valence-corrected chi connectivity index (χ1v) is 12.3. The van der Waals surface area contributed by atoms with Crippen LogP contribution in [0.25, 0.3) is 0 Å². The van der Waals surface area contributed by atoms with Crippen molar-refractivity contribution in [1.82, 2.24) is 20.4 Å². The van der Waals surface area contributed by atoms with Gasteiger partial charge in [0.1, 0.15) is 5.54 Å². The Labute approximate surface area is 200 Å². The molecule has 2 amide bonds. The zero-order chi connectivity index (χ0) is 23.8. The van der Waals surface area contributed by atoms with Crippen LogP contribution in [0.1, 0.15) is 69.1 Å². The van der Waals surface area contributed by atoms with Crippen LogP contribution in [0.15, 0.2) is 28.8 Å². The van der Waals surface area contributed by atoms with E-state index in [9.17, 15) is 9.59 Å². The summed E-state index contributed by atoms with van der Waals surface area (Å²) < 4.78 is 10.9. The number of hydrogen-bond acceptors (Lipinski definition) is 7. The predicted octanol–water partition coefficient (Wildman–Crippen LogP) is 3.16. The minimum atomic E-state index is -0.579. The molecule has 9 nitrogen and oxygen atoms in total. The van der Waals surface area contributed by atoms with Crippen molar-refractivity contribution in [3.63, 3.8) is 0 Å². The Morgan fingerprint density at radius 2 is 1.82 bits per heavy atom. The summed E-state index contributed by atoms with van der Waals surface area (Å²) in [7, 11) is 0. The van der Waals surface area contributed by atoms with Crippen molar-refractivity contribution >= 4 is 17.5 Å². The van der Waals surface area contributed by atoms with Crippen LogP contribution in [0.2, 0.25) is 0 Å². The summed E-state index contributed by atoms with van der Waals surface area (Å²) in [5.74, 6) is 0.750. The molecular weight excluding hydrogens is 434 g/mol. The minimum absolute atomic E-state index is 0.0941. The van der Waals surface area contributed by atoms with E-state index < -0.39 is 5.54 Å². The van der Waals surface area contributed by atoms with Crippen LogP contribution in [0.3, 0.4) is 0 Å². The molecule has 1 saturated carbocycles. The topological polar surface area (TPSA) is 110 Å². The largest absolute Gasteiger partial charge is 0.379 e. The number of hydrogen-bond donors (Lipinski definition) is 2. The Bertz CT molecular complexity index is 962. The lowest BCUT2D eigenvalue weighted by atomic mass is 9.89. The lowest BCUT2D eigenvalue weighted by molar-refractivity contribution is -0.121. The fourth-order valence-electron chi connectivity index (χ4n) is 4.84. The number of para-hydroxylation sites is 1. The van der Waals surface area contributed by atoms with Crippen LogP contribution in [-0.4, -0.2) is 53.2 Å². The first-order chi connectivity index (χ1) is 16.5. The van der Waals surface area contributed by atoms with E-state index in [0.29, 0.717) is 18.1 Å². The third-order valence-corrected chi connectivity index (χ3v) is 6.62. The highest BCUT2D eigenvalue weighted by molar-refractivity contribution is 5.91. The van der Waals surface area contributed by atoms with Gasteiger partial charge < -0.3 is 19.9 Å². The molecule has 0 unspecified atom stereocenters. The number of benzene rings is 1. The normalized spacial score (nSPS) is 18.7. The van der Waals surface area contributed by atoms with Gasteiger partial charge in [0.25, 0.3) is 0 Å². The average molecular weight is 470 g/mol. The molecule has 2 aliphatic rings. The molecule has 184 valence electrons. The second-order valence-corrected chi connectivity index (χ2v) is 9.28. The van der Waals surface area contributed by atoms with Gasteiger partial charge in [-0.2, -0.15) is 4.98 Å². The number of aryl methyl sites for hydroxylation is 1. The molecule has 2 fully saturated rings. The lowest BCUT2D eigenvalue weighted by Crippen LogP contribution is -2.45. The van der Waals surface area contributed by atoms with Crippen LogP contribution < -0.4 is 10.6 Å². The molecule has 9 heteroatoms. The van der Waals surface area contributed by atoms with E-state index in [-0.39, 0.29) is 18.2 Å². The quantitative estimate of drug-likeness (QED) is 0.572. The highest BCUT2D eigenvalue weighted by Crippen LogP contribution is 2.34. The summed E-state index contributed by atoms with van der Waals surface area (Å²) >= 11 is 0. The number of morpholine rings is 1. The summed E-state index contributed by atoms with van der Waals surface area (Å²) in [4.78, 5) is 31.5. The number of aromatic nitrogens is 2. The van der Waals surface area contributed by atoms with Crippen molar-refractivity contribution in [1.29, 1.82) is 0 Å². The minimum Gasteiger partial charge on any atom is -0.379 e. The molecule has 2 N–H and O–H groups in total. The van der Waals surface area contributed by atoms with E-state index in [2.05, 4.69) is 25.7 Å². The smallest absolute Gasteiger partial charge is 0.227 e. The van der Waals surface area contributed by atoms with Crippen LogP contribution in [0.4, 0.5) is 5.69 Å². The molecule has 0 bridgehead atoms. The highest BCUT2D eigenvalue weighted by Gasteiger charge is 2.38. The van der Waals surface area contributed by atoms with E-state index in [1.165, 1.54) is 6.92 Å². The van der Waals surface area contributed by atoms with Gasteiger partial charge in [0.2, 0.25) is 17.7 Å². The van der Waals surface area contributed by atoms with Crippen molar-refractivity contribution in [3.8, 4) is 0 Å². The van der Waals surface area contributed by atoms with Crippen molar-refractivity contribution in [2.24, 2.45) is 0 Å². The van der Waals surface area contributed by atoms with Gasteiger partial charge in [-0.15, -0.1) is 0 Å². The number of rotatable bonds is 8. The van der Waals surface area contributed by atoms with Crippen LogP contribution >= 0.6 is 0 Å². The molecule has 2 aromatic rings. The average Bonchev–Trinajstić information content (AvgIpc) is 3.19. The fourth-order valence-corrected chi connectivity index (χ4v) is 4.84. The number of amides is 2. The number of nitrogens with one attached hydrogen (secondary N) is 2. The molecule has 1 saturated heterocycles. The van der Waals surface area contributed by atoms with Gasteiger partial charge in [-0.1, -0.05) is 49.0 Å². The van der Waals surface area contributed by atoms with Crippen LogP contribution in [-0.2, 0) is 32.8 Å². The highest BCUT2D eigenvalue weighted by atomic mass is 16.5. The third-order valence-electron chi connectivity index (χ3n) is 6.62. The second-order valence-electron chi connectivity index (χ2n) is 9.28. The first kappa shape index (κ1) is 24.3. The Balaban J connectivity index is 1.35. The Morgan fingerprint density at radius 3 is 2.56 bits per heavy atom. The van der Waals surface area contributed by atoms with Gasteiger partial charge in [0.15, 0.2) is 5.82 Å². The van der Waals surface area contributed by atoms with Gasteiger partial charge in [0, 0.05) is 45.1 Å². The zero-order valence-corrected chi connectivity index (χ0v) is 20.0. The molecule has 1 aromatic carbocycles. The van der Waals surface area contributed by atoms with E-state index in [1.807, 2.05) is 24.3 Å². The van der Waals surface area contributed by atoms with Gasteiger partial charge in [-0.05, 0) is 24.5 Å². The van der Waals surface area contributed by atoms with E-state index >= 15 is 0 Å². The van der Waals surface area contributed by atoms with E-state index in [0.717, 1.165) is 82.6 Å². The summed E-state index contributed by atoms with van der Waals surface area (Å²) in [6.45, 7) is 5.56. The molecule has 0 spiro atoms. The molecule has 2 heterocycles. The van der Waals surface area contributed by atoms with Crippen LogP contribution in [0.5, 0.6) is 0 Å². The van der Waals surface area contributed by atoms with Crippen molar-refractivity contribution in [3.05, 3.63) is 41.5 Å². The number of carbonyl (C=O) groups is 2. The van der Waals surface area contributed by atoms with Crippen LogP contribution in [0, 0.1) is 0 Å². The molecular formula is C25H35N5O4. The number of anilines is 1. The van der Waals surface area contributed by atoms with Gasteiger partial charge in [0.05, 0.1) is 13.2 Å². The maximum Gasteiger partial charge on any atom is 0.227 e. The zero-order valence-electron chi connectivity index (χ0n) is 20.0. The number of nitrogens with zero attached hydrogens (tertiary/aromatic N) is 3. The predicted molar refractivity (Wildman–Crippen MR) is 127 cm³/mol. The molecule has 34 heavy (non-hydrogen) atoms. The Kier molecular flexibility index (Phi) is 8.29. The second kappa shape index (κ2) is 11.6. The van der Waals surface area contributed by atoms with Gasteiger partial charge in [-0.3, -0.25) is 14.5 Å². The molecule has 1 aliphatic carbocycles. The van der Waals surface area contributed by atoms with Crippen molar-refractivity contribution in [2.75, 3.05) is 31.6 Å². The molecule has 0 atom stereocenters. The molecule has 1 aromatic heterocycles. The SMILES string of the molecule is CC(=O)NC1(c2noc(CCC(=O)Nc3ccccc3CN3CCOCC3)n2)CCCCCC1. The van der Waals surface area contributed by atoms with E-state index in [4.69, 9.17) is 9.26 Å². The van der Waals surface area contributed by atoms with E-state index in [1.54, 1.807) is 0 Å². The summed E-state index contributed by atoms with van der Waals surface area (Å²) in [5, 5.41) is 10.3. The number of ether oxygens (including phenoxy) is 1. The maximum atomic E-state index is 12.7. The number of carbonyl (C=O) groups excluding carboxylic acids is 2.